The Hall–Kier alpha value is -3.48. The summed E-state index contributed by atoms with van der Waals surface area (Å²) >= 11 is 10.6. The molecular weight excluding hydrogens is 623 g/mol. The van der Waals surface area contributed by atoms with Gasteiger partial charge in [0.2, 0.25) is 0 Å². The molecule has 200 valence electrons. The van der Waals surface area contributed by atoms with Crippen molar-refractivity contribution in [2.24, 2.45) is 0 Å². The van der Waals surface area contributed by atoms with Gasteiger partial charge >= 0.3 is 12.1 Å². The van der Waals surface area contributed by atoms with E-state index in [4.69, 9.17) is 16.3 Å². The molecule has 3 aromatic heterocycles. The van der Waals surface area contributed by atoms with Crippen LogP contribution in [0.1, 0.15) is 21.7 Å². The molecule has 2 aromatic carbocycles. The number of thiophene rings is 1. The molecule has 0 unspecified atom stereocenters. The van der Waals surface area contributed by atoms with E-state index in [2.05, 4.69) is 25.9 Å². The Morgan fingerprint density at radius 1 is 1.21 bits per heavy atom. The van der Waals surface area contributed by atoms with E-state index in [1.165, 1.54) is 34.4 Å². The first-order valence-electron chi connectivity index (χ1n) is 11.3. The first-order valence-corrected chi connectivity index (χ1v) is 13.3. The van der Waals surface area contributed by atoms with E-state index in [0.717, 1.165) is 12.1 Å². The van der Waals surface area contributed by atoms with E-state index in [0.29, 0.717) is 32.1 Å². The van der Waals surface area contributed by atoms with Crippen molar-refractivity contribution in [2.45, 2.75) is 19.6 Å². The van der Waals surface area contributed by atoms with Crippen LogP contribution in [-0.4, -0.2) is 32.2 Å². The Labute approximate surface area is 235 Å². The highest BCUT2D eigenvalue weighted by atomic mass is 79.9. The third-order valence-corrected chi connectivity index (χ3v) is 7.88. The molecule has 0 spiro atoms. The van der Waals surface area contributed by atoms with Crippen LogP contribution in [0.4, 0.5) is 13.2 Å². The van der Waals surface area contributed by atoms with Crippen molar-refractivity contribution >= 4 is 66.0 Å². The molecule has 0 atom stereocenters. The van der Waals surface area contributed by atoms with Gasteiger partial charge in [0.15, 0.2) is 0 Å². The topological polar surface area (TPSA) is 94.3 Å². The number of carboxylic acids is 1. The zero-order valence-electron chi connectivity index (χ0n) is 19.8. The monoisotopic (exact) mass is 637 g/mol. The number of halogens is 5. The van der Waals surface area contributed by atoms with Gasteiger partial charge < -0.3 is 9.84 Å². The predicted molar refractivity (Wildman–Crippen MR) is 146 cm³/mol. The normalized spacial score (nSPS) is 11.8. The van der Waals surface area contributed by atoms with Crippen molar-refractivity contribution in [1.29, 1.82) is 0 Å². The molecule has 0 aliphatic heterocycles. The molecule has 0 aliphatic carbocycles. The number of alkyl halides is 3. The minimum atomic E-state index is -4.58. The Bertz CT molecular complexity index is 1840. The van der Waals surface area contributed by atoms with Crippen LogP contribution in [0.15, 0.2) is 57.2 Å². The Morgan fingerprint density at radius 2 is 1.97 bits per heavy atom. The smallest absolute Gasteiger partial charge is 0.416 e. The van der Waals surface area contributed by atoms with Crippen molar-refractivity contribution in [2.75, 3.05) is 6.61 Å². The maximum atomic E-state index is 13.2. The van der Waals surface area contributed by atoms with Crippen molar-refractivity contribution < 1.29 is 27.8 Å². The summed E-state index contributed by atoms with van der Waals surface area (Å²) in [5.74, 6) is -0.415. The number of hydrogen-bond donors (Lipinski definition) is 1. The van der Waals surface area contributed by atoms with Gasteiger partial charge in [-0.15, -0.1) is 11.3 Å². The van der Waals surface area contributed by atoms with E-state index >= 15 is 0 Å². The van der Waals surface area contributed by atoms with E-state index in [9.17, 15) is 27.9 Å². The number of carbonyl (C=O) groups is 1. The molecule has 5 aromatic rings. The Kier molecular flexibility index (Phi) is 7.12. The molecule has 1 N–H and O–H groups in total. The van der Waals surface area contributed by atoms with E-state index in [1.54, 1.807) is 24.3 Å². The number of aromatic nitrogens is 3. The lowest BCUT2D eigenvalue weighted by Gasteiger charge is -2.16. The second kappa shape index (κ2) is 10.2. The third kappa shape index (κ3) is 5.11. The lowest BCUT2D eigenvalue weighted by molar-refractivity contribution is -0.137. The zero-order valence-corrected chi connectivity index (χ0v) is 23.0. The predicted octanol–water partition coefficient (Wildman–Crippen LogP) is 7.19. The van der Waals surface area contributed by atoms with Crippen molar-refractivity contribution in [1.82, 2.24) is 14.5 Å². The first-order chi connectivity index (χ1) is 18.5. The minimum Gasteiger partial charge on any atom is -0.491 e. The summed E-state index contributed by atoms with van der Waals surface area (Å²) < 4.78 is 47.7. The van der Waals surface area contributed by atoms with Gasteiger partial charge in [-0.1, -0.05) is 11.6 Å². The van der Waals surface area contributed by atoms with E-state index in [-0.39, 0.29) is 39.9 Å². The number of fused-ring (bicyclic) bond motifs is 2. The van der Waals surface area contributed by atoms with Crippen LogP contribution in [0.5, 0.6) is 5.75 Å². The standard InChI is InChI=1S/C26H16BrClF3N3O4S/c1-12-33-19-9-13(26(29,30)31)8-18(27)21(19)24(35)34(12)6-7-38-20-3-2-14(28)10-16(20)15-4-5-32-22-17(25(36)37)11-39-23(15)22/h2-5,8-11H,6-7H2,1H3,(H,36,37). The van der Waals surface area contributed by atoms with Crippen molar-refractivity contribution in [3.05, 3.63) is 84.8 Å². The average molecular weight is 639 g/mol. The maximum Gasteiger partial charge on any atom is 0.416 e. The maximum absolute atomic E-state index is 13.2. The molecule has 0 saturated carbocycles. The fraction of sp³-hybridized carbons (Fsp3) is 0.154. The number of nitrogens with zero attached hydrogens (tertiary/aromatic N) is 3. The molecule has 0 fully saturated rings. The van der Waals surface area contributed by atoms with Crippen LogP contribution in [0, 0.1) is 6.92 Å². The summed E-state index contributed by atoms with van der Waals surface area (Å²) in [7, 11) is 0. The Morgan fingerprint density at radius 3 is 2.69 bits per heavy atom. The lowest BCUT2D eigenvalue weighted by Crippen LogP contribution is -2.27. The second-order valence-electron chi connectivity index (χ2n) is 8.45. The van der Waals surface area contributed by atoms with Gasteiger partial charge in [-0.05, 0) is 59.3 Å². The van der Waals surface area contributed by atoms with Gasteiger partial charge in [0.1, 0.15) is 18.2 Å². The number of pyridine rings is 1. The summed E-state index contributed by atoms with van der Waals surface area (Å²) in [6.45, 7) is 1.63. The quantitative estimate of drug-likeness (QED) is 0.212. The summed E-state index contributed by atoms with van der Waals surface area (Å²) in [5.41, 5.74) is 0.254. The van der Waals surface area contributed by atoms with Crippen LogP contribution in [0.3, 0.4) is 0 Å². The number of aromatic carboxylic acids is 1. The zero-order chi connectivity index (χ0) is 28.1. The fourth-order valence-electron chi connectivity index (χ4n) is 4.22. The highest BCUT2D eigenvalue weighted by Crippen LogP contribution is 2.39. The number of rotatable bonds is 6. The minimum absolute atomic E-state index is 0.00198. The lowest BCUT2D eigenvalue weighted by atomic mass is 10.0. The van der Waals surface area contributed by atoms with Crippen LogP contribution >= 0.6 is 38.9 Å². The second-order valence-corrected chi connectivity index (χ2v) is 10.6. The Balaban J connectivity index is 1.47. The molecule has 7 nitrogen and oxygen atoms in total. The summed E-state index contributed by atoms with van der Waals surface area (Å²) in [4.78, 5) is 33.2. The first kappa shape index (κ1) is 27.1. The van der Waals surface area contributed by atoms with Crippen molar-refractivity contribution in [3.63, 3.8) is 0 Å². The molecule has 13 heteroatoms. The summed E-state index contributed by atoms with van der Waals surface area (Å²) in [5, 5.41) is 11.5. The largest absolute Gasteiger partial charge is 0.491 e. The van der Waals surface area contributed by atoms with Gasteiger partial charge in [-0.25, -0.2) is 9.78 Å². The van der Waals surface area contributed by atoms with Crippen LogP contribution < -0.4 is 10.3 Å². The SMILES string of the molecule is Cc1nc2cc(C(F)(F)F)cc(Br)c2c(=O)n1CCOc1ccc(Cl)cc1-c1ccnc2c(C(=O)O)csc12. The van der Waals surface area contributed by atoms with Crippen molar-refractivity contribution in [3.8, 4) is 16.9 Å². The molecule has 3 heterocycles. The highest BCUT2D eigenvalue weighted by Gasteiger charge is 2.32. The molecule has 0 saturated heterocycles. The molecular formula is C26H16BrClF3N3O4S. The van der Waals surface area contributed by atoms with Crippen LogP contribution in [-0.2, 0) is 12.7 Å². The van der Waals surface area contributed by atoms with Crippen LogP contribution in [0.2, 0.25) is 5.02 Å². The molecule has 0 bridgehead atoms. The molecule has 0 radical (unpaired) electrons. The third-order valence-electron chi connectivity index (χ3n) is 6.02. The summed E-state index contributed by atoms with van der Waals surface area (Å²) in [6, 6.07) is 8.44. The van der Waals surface area contributed by atoms with Gasteiger partial charge in [0.25, 0.3) is 5.56 Å². The average Bonchev–Trinajstić information content (AvgIpc) is 3.30. The van der Waals surface area contributed by atoms with Gasteiger partial charge in [0.05, 0.1) is 38.8 Å². The van der Waals surface area contributed by atoms with Gasteiger partial charge in [-0.2, -0.15) is 13.2 Å². The van der Waals surface area contributed by atoms with E-state index < -0.39 is 23.3 Å². The van der Waals surface area contributed by atoms with Gasteiger partial charge in [-0.3, -0.25) is 14.3 Å². The number of ether oxygens (including phenoxy) is 1. The summed E-state index contributed by atoms with van der Waals surface area (Å²) in [6.07, 6.45) is -3.07. The number of aryl methyl sites for hydroxylation is 1. The molecule has 39 heavy (non-hydrogen) atoms. The van der Waals surface area contributed by atoms with Gasteiger partial charge in [0, 0.05) is 32.2 Å². The number of hydrogen-bond acceptors (Lipinski definition) is 6. The number of benzene rings is 2. The highest BCUT2D eigenvalue weighted by molar-refractivity contribution is 9.10. The molecule has 0 amide bonds. The van der Waals surface area contributed by atoms with Crippen LogP contribution in [0.25, 0.3) is 32.2 Å². The fourth-order valence-corrected chi connectivity index (χ4v) is 6.04. The molecule has 5 rings (SSSR count). The van der Waals surface area contributed by atoms with E-state index in [1.807, 2.05) is 0 Å². The number of carboxylic acid groups (broad SMARTS) is 1. The molecule has 0 aliphatic rings.